The van der Waals surface area contributed by atoms with Crippen LogP contribution in [0.4, 0.5) is 0 Å². The zero-order valence-corrected chi connectivity index (χ0v) is 9.82. The highest BCUT2D eigenvalue weighted by atomic mass is 16.5. The van der Waals surface area contributed by atoms with Crippen LogP contribution in [0.1, 0.15) is 32.6 Å². The summed E-state index contributed by atoms with van der Waals surface area (Å²) in [5.74, 6) is 0.676. The molecule has 2 rings (SSSR count). The van der Waals surface area contributed by atoms with Crippen molar-refractivity contribution in [3.05, 3.63) is 0 Å². The first-order chi connectivity index (χ1) is 7.33. The number of ether oxygens (including phenoxy) is 1. The molecule has 0 amide bonds. The van der Waals surface area contributed by atoms with Crippen LogP contribution in [0.25, 0.3) is 0 Å². The van der Waals surface area contributed by atoms with Crippen LogP contribution in [0.2, 0.25) is 0 Å². The molecule has 2 aliphatic heterocycles. The van der Waals surface area contributed by atoms with Gasteiger partial charge in [-0.2, -0.15) is 0 Å². The highest BCUT2D eigenvalue weighted by Crippen LogP contribution is 2.26. The third-order valence-electron chi connectivity index (χ3n) is 4.03. The van der Waals surface area contributed by atoms with Gasteiger partial charge < -0.3 is 10.5 Å². The van der Waals surface area contributed by atoms with Gasteiger partial charge in [-0.3, -0.25) is 4.90 Å². The van der Waals surface area contributed by atoms with Crippen molar-refractivity contribution in [2.24, 2.45) is 11.7 Å². The second-order valence-corrected chi connectivity index (χ2v) is 5.01. The molecular weight excluding hydrogens is 188 g/mol. The molecule has 2 aliphatic rings. The lowest BCUT2D eigenvalue weighted by Gasteiger charge is -2.41. The SMILES string of the molecule is CC1CCCCN1C(CN)C1CCOC1. The molecule has 0 aromatic carbocycles. The van der Waals surface area contributed by atoms with Crippen molar-refractivity contribution in [3.8, 4) is 0 Å². The minimum Gasteiger partial charge on any atom is -0.381 e. The molecule has 0 bridgehead atoms. The smallest absolute Gasteiger partial charge is 0.0510 e. The van der Waals surface area contributed by atoms with Crippen LogP contribution in [-0.4, -0.2) is 43.3 Å². The molecule has 2 saturated heterocycles. The maximum Gasteiger partial charge on any atom is 0.0510 e. The highest BCUT2D eigenvalue weighted by Gasteiger charge is 2.32. The second-order valence-electron chi connectivity index (χ2n) is 5.01. The van der Waals surface area contributed by atoms with Crippen molar-refractivity contribution in [1.82, 2.24) is 4.90 Å². The maximum atomic E-state index is 5.95. The summed E-state index contributed by atoms with van der Waals surface area (Å²) in [6.45, 7) is 6.23. The Balaban J connectivity index is 1.97. The standard InChI is InChI=1S/C12H24N2O/c1-10-4-2-3-6-14(10)12(8-13)11-5-7-15-9-11/h10-12H,2-9,13H2,1H3. The Morgan fingerprint density at radius 2 is 2.27 bits per heavy atom. The van der Waals surface area contributed by atoms with Gasteiger partial charge in [0.1, 0.15) is 0 Å². The lowest BCUT2D eigenvalue weighted by atomic mass is 9.92. The molecule has 88 valence electrons. The van der Waals surface area contributed by atoms with Crippen LogP contribution < -0.4 is 5.73 Å². The first kappa shape index (κ1) is 11.4. The summed E-state index contributed by atoms with van der Waals surface area (Å²) in [4.78, 5) is 2.63. The number of piperidine rings is 1. The monoisotopic (exact) mass is 212 g/mol. The highest BCUT2D eigenvalue weighted by molar-refractivity contribution is 4.87. The minimum absolute atomic E-state index is 0.558. The summed E-state index contributed by atoms with van der Waals surface area (Å²) in [7, 11) is 0. The molecule has 15 heavy (non-hydrogen) atoms. The number of hydrogen-bond donors (Lipinski definition) is 1. The molecule has 3 unspecified atom stereocenters. The average Bonchev–Trinajstić information content (AvgIpc) is 2.75. The molecule has 0 aromatic heterocycles. The summed E-state index contributed by atoms with van der Waals surface area (Å²) < 4.78 is 5.48. The average molecular weight is 212 g/mol. The largest absolute Gasteiger partial charge is 0.381 e. The molecule has 0 aliphatic carbocycles. The van der Waals surface area contributed by atoms with E-state index in [0.29, 0.717) is 18.0 Å². The number of nitrogens with two attached hydrogens (primary N) is 1. The lowest BCUT2D eigenvalue weighted by molar-refractivity contribution is 0.0666. The van der Waals surface area contributed by atoms with E-state index in [1.165, 1.54) is 32.2 Å². The molecule has 0 radical (unpaired) electrons. The summed E-state index contributed by atoms with van der Waals surface area (Å²) in [6.07, 6.45) is 5.26. The molecule has 0 spiro atoms. The zero-order valence-electron chi connectivity index (χ0n) is 9.82. The van der Waals surface area contributed by atoms with Crippen LogP contribution in [-0.2, 0) is 4.74 Å². The Morgan fingerprint density at radius 1 is 1.40 bits per heavy atom. The molecule has 2 fully saturated rings. The van der Waals surface area contributed by atoms with Gasteiger partial charge in [-0.1, -0.05) is 6.42 Å². The van der Waals surface area contributed by atoms with Crippen LogP contribution in [0.15, 0.2) is 0 Å². The quantitative estimate of drug-likeness (QED) is 0.764. The fraction of sp³-hybridized carbons (Fsp3) is 1.00. The molecule has 0 saturated carbocycles. The fourth-order valence-electron chi connectivity index (χ4n) is 3.07. The van der Waals surface area contributed by atoms with Gasteiger partial charge in [0.2, 0.25) is 0 Å². The van der Waals surface area contributed by atoms with Crippen LogP contribution in [0, 0.1) is 5.92 Å². The van der Waals surface area contributed by atoms with Crippen LogP contribution in [0.3, 0.4) is 0 Å². The molecule has 2 heterocycles. The van der Waals surface area contributed by atoms with Gasteiger partial charge in [0.25, 0.3) is 0 Å². The Labute approximate surface area is 93.0 Å². The third kappa shape index (κ3) is 2.52. The van der Waals surface area contributed by atoms with Gasteiger partial charge in [-0.15, -0.1) is 0 Å². The van der Waals surface area contributed by atoms with E-state index < -0.39 is 0 Å². The Kier molecular flexibility index (Phi) is 4.00. The second kappa shape index (κ2) is 5.28. The van der Waals surface area contributed by atoms with Crippen molar-refractivity contribution in [2.75, 3.05) is 26.3 Å². The molecule has 3 heteroatoms. The maximum absolute atomic E-state index is 5.95. The Morgan fingerprint density at radius 3 is 2.87 bits per heavy atom. The zero-order chi connectivity index (χ0) is 10.7. The van der Waals surface area contributed by atoms with Crippen molar-refractivity contribution in [2.45, 2.75) is 44.7 Å². The van der Waals surface area contributed by atoms with E-state index in [-0.39, 0.29) is 0 Å². The van der Waals surface area contributed by atoms with Gasteiger partial charge in [-0.05, 0) is 32.7 Å². The summed E-state index contributed by atoms with van der Waals surface area (Å²) in [5.41, 5.74) is 5.95. The van der Waals surface area contributed by atoms with Crippen LogP contribution in [0.5, 0.6) is 0 Å². The first-order valence-electron chi connectivity index (χ1n) is 6.36. The summed E-state index contributed by atoms with van der Waals surface area (Å²) >= 11 is 0. The van der Waals surface area contributed by atoms with Crippen molar-refractivity contribution < 1.29 is 4.74 Å². The summed E-state index contributed by atoms with van der Waals surface area (Å²) in [6, 6.07) is 1.27. The van der Waals surface area contributed by atoms with Gasteiger partial charge in [0, 0.05) is 31.2 Å². The van der Waals surface area contributed by atoms with Crippen LogP contribution >= 0.6 is 0 Å². The number of nitrogens with zero attached hydrogens (tertiary/aromatic N) is 1. The minimum atomic E-state index is 0.558. The van der Waals surface area contributed by atoms with Crippen molar-refractivity contribution in [1.29, 1.82) is 0 Å². The van der Waals surface area contributed by atoms with E-state index >= 15 is 0 Å². The Hall–Kier alpha value is -0.120. The predicted molar refractivity (Wildman–Crippen MR) is 61.8 cm³/mol. The van der Waals surface area contributed by atoms with Gasteiger partial charge in [-0.25, -0.2) is 0 Å². The molecule has 0 aromatic rings. The fourth-order valence-corrected chi connectivity index (χ4v) is 3.07. The van der Waals surface area contributed by atoms with E-state index in [2.05, 4.69) is 11.8 Å². The van der Waals surface area contributed by atoms with E-state index in [0.717, 1.165) is 19.8 Å². The number of rotatable bonds is 3. The molecular formula is C12H24N2O. The molecule has 2 N–H and O–H groups in total. The molecule has 3 nitrogen and oxygen atoms in total. The van der Waals surface area contributed by atoms with Crippen molar-refractivity contribution in [3.63, 3.8) is 0 Å². The summed E-state index contributed by atoms with van der Waals surface area (Å²) in [5, 5.41) is 0. The normalized spacial score (nSPS) is 35.6. The first-order valence-corrected chi connectivity index (χ1v) is 6.36. The molecule has 3 atom stereocenters. The number of likely N-dealkylation sites (tertiary alicyclic amines) is 1. The third-order valence-corrected chi connectivity index (χ3v) is 4.03. The van der Waals surface area contributed by atoms with Gasteiger partial charge in [0.15, 0.2) is 0 Å². The van der Waals surface area contributed by atoms with Gasteiger partial charge in [0.05, 0.1) is 6.61 Å². The van der Waals surface area contributed by atoms with E-state index in [1.807, 2.05) is 0 Å². The van der Waals surface area contributed by atoms with Gasteiger partial charge >= 0.3 is 0 Å². The van der Waals surface area contributed by atoms with E-state index in [4.69, 9.17) is 10.5 Å². The topological polar surface area (TPSA) is 38.5 Å². The predicted octanol–water partition coefficient (Wildman–Crippen LogP) is 1.22. The van der Waals surface area contributed by atoms with Crippen molar-refractivity contribution >= 4 is 0 Å². The number of hydrogen-bond acceptors (Lipinski definition) is 3. The lowest BCUT2D eigenvalue weighted by Crippen LogP contribution is -2.51. The van der Waals surface area contributed by atoms with E-state index in [1.54, 1.807) is 0 Å². The van der Waals surface area contributed by atoms with E-state index in [9.17, 15) is 0 Å². The Bertz CT molecular complexity index is 192.